The number of ether oxygens (including phenoxy) is 4. The molecule has 1 unspecified atom stereocenters. The summed E-state index contributed by atoms with van der Waals surface area (Å²) in [6.07, 6.45) is 2.83. The summed E-state index contributed by atoms with van der Waals surface area (Å²) >= 11 is 0. The first-order valence-corrected chi connectivity index (χ1v) is 14.1. The van der Waals surface area contributed by atoms with Gasteiger partial charge in [-0.05, 0) is 56.7 Å². The Hall–Kier alpha value is -2.52. The number of hydrogen-bond acceptors (Lipinski definition) is 7. The lowest BCUT2D eigenvalue weighted by Crippen LogP contribution is -2.74. The third-order valence-electron chi connectivity index (χ3n) is 10.9. The predicted octanol–water partition coefficient (Wildman–Crippen LogP) is 3.88. The number of para-hydroxylation sites is 1. The Balaban J connectivity index is 1.39. The average molecular weight is 536 g/mol. The standard InChI is InChI=1S/C31H37NO7/c1-17(33)36-12-13-37-24-15-18-14-20-19-8-6-7-9-21(19)32-25(20)29(18,5)28(4)10-11-30-23(31(24,28)35)16-22(34)26(38-30)27(2,3)39-30/h6-9,16,18,24,26,32,35H,10-15H2,1-5H3/t18-,24+,26?,28-,29-,30+,31+/m1/s1. The zero-order valence-corrected chi connectivity index (χ0v) is 23.3. The molecule has 2 aliphatic heterocycles. The molecule has 2 saturated carbocycles. The molecule has 1 aromatic heterocycles. The van der Waals surface area contributed by atoms with E-state index in [1.807, 2.05) is 19.9 Å². The molecule has 3 fully saturated rings. The number of nitrogens with one attached hydrogen (secondary N) is 1. The van der Waals surface area contributed by atoms with Gasteiger partial charge in [-0.15, -0.1) is 0 Å². The van der Waals surface area contributed by atoms with E-state index < -0.39 is 40.0 Å². The summed E-state index contributed by atoms with van der Waals surface area (Å²) in [6, 6.07) is 8.36. The van der Waals surface area contributed by atoms with Gasteiger partial charge in [0, 0.05) is 46.3 Å². The van der Waals surface area contributed by atoms with Crippen molar-refractivity contribution in [2.75, 3.05) is 13.2 Å². The molecule has 8 nitrogen and oxygen atoms in total. The molecule has 3 heterocycles. The summed E-state index contributed by atoms with van der Waals surface area (Å²) in [5, 5.41) is 14.4. The van der Waals surface area contributed by atoms with Crippen molar-refractivity contribution in [2.45, 2.75) is 94.9 Å². The SMILES string of the molecule is CC(=O)OCCO[C@H]1C[C@H]2Cc3c([nH]c4ccccc34)[C@]2(C)[C@@]2(C)CC[C@@]34OC(C(=O)C=C3[C@]12O)C(C)(C)O4. The van der Waals surface area contributed by atoms with Crippen LogP contribution < -0.4 is 0 Å². The van der Waals surface area contributed by atoms with Crippen LogP contribution in [-0.4, -0.2) is 64.3 Å². The lowest BCUT2D eigenvalue weighted by Gasteiger charge is -2.67. The first-order valence-electron chi connectivity index (χ1n) is 14.1. The largest absolute Gasteiger partial charge is 0.463 e. The zero-order chi connectivity index (χ0) is 27.6. The molecule has 3 aliphatic carbocycles. The van der Waals surface area contributed by atoms with Crippen molar-refractivity contribution in [3.63, 3.8) is 0 Å². The second-order valence-electron chi connectivity index (χ2n) is 13.1. The van der Waals surface area contributed by atoms with Crippen LogP contribution in [0.15, 0.2) is 35.9 Å². The Labute approximate surface area is 228 Å². The number of carbonyl (C=O) groups is 2. The molecule has 1 spiro atoms. The van der Waals surface area contributed by atoms with Gasteiger partial charge in [-0.2, -0.15) is 0 Å². The molecule has 39 heavy (non-hydrogen) atoms. The Bertz CT molecular complexity index is 1440. The van der Waals surface area contributed by atoms with Crippen LogP contribution in [0.2, 0.25) is 0 Å². The Morgan fingerprint density at radius 3 is 2.69 bits per heavy atom. The van der Waals surface area contributed by atoms with Gasteiger partial charge in [0.2, 0.25) is 0 Å². The normalized spacial score (nSPS) is 41.4. The molecular formula is C31H37NO7. The third-order valence-corrected chi connectivity index (χ3v) is 10.9. The smallest absolute Gasteiger partial charge is 0.302 e. The zero-order valence-electron chi connectivity index (χ0n) is 23.3. The minimum atomic E-state index is -1.56. The minimum Gasteiger partial charge on any atom is -0.463 e. The lowest BCUT2D eigenvalue weighted by molar-refractivity contribution is -0.281. The molecule has 208 valence electrons. The number of esters is 1. The molecule has 2 aromatic rings. The van der Waals surface area contributed by atoms with Crippen LogP contribution in [0.25, 0.3) is 10.9 Å². The highest BCUT2D eigenvalue weighted by molar-refractivity contribution is 5.97. The molecule has 0 amide bonds. The summed E-state index contributed by atoms with van der Waals surface area (Å²) in [7, 11) is 0. The highest BCUT2D eigenvalue weighted by atomic mass is 16.8. The molecule has 1 saturated heterocycles. The van der Waals surface area contributed by atoms with E-state index in [2.05, 4.69) is 37.0 Å². The van der Waals surface area contributed by atoms with Gasteiger partial charge in [0.15, 0.2) is 17.7 Å². The van der Waals surface area contributed by atoms with Gasteiger partial charge in [0.05, 0.1) is 12.7 Å². The minimum absolute atomic E-state index is 0.0927. The summed E-state index contributed by atoms with van der Waals surface area (Å²) in [5.74, 6) is -1.54. The quantitative estimate of drug-likeness (QED) is 0.452. The number of ketones is 1. The van der Waals surface area contributed by atoms with Gasteiger partial charge in [0.25, 0.3) is 0 Å². The van der Waals surface area contributed by atoms with E-state index in [9.17, 15) is 14.7 Å². The number of hydrogen-bond donors (Lipinski definition) is 2. The number of aromatic nitrogens is 1. The van der Waals surface area contributed by atoms with Crippen molar-refractivity contribution in [3.05, 3.63) is 47.2 Å². The van der Waals surface area contributed by atoms with E-state index in [4.69, 9.17) is 18.9 Å². The molecule has 8 heteroatoms. The van der Waals surface area contributed by atoms with Crippen molar-refractivity contribution in [3.8, 4) is 0 Å². The average Bonchev–Trinajstić information content (AvgIpc) is 3.46. The molecule has 5 aliphatic rings. The molecular weight excluding hydrogens is 498 g/mol. The highest BCUT2D eigenvalue weighted by Gasteiger charge is 2.78. The molecule has 2 bridgehead atoms. The number of aliphatic hydroxyl groups is 1. The molecule has 7 atom stereocenters. The van der Waals surface area contributed by atoms with Crippen LogP contribution in [0.1, 0.15) is 65.1 Å². The van der Waals surface area contributed by atoms with Gasteiger partial charge >= 0.3 is 5.97 Å². The summed E-state index contributed by atoms with van der Waals surface area (Å²) < 4.78 is 24.5. The third kappa shape index (κ3) is 2.98. The number of carbonyl (C=O) groups excluding carboxylic acids is 2. The fourth-order valence-electron chi connectivity index (χ4n) is 8.96. The van der Waals surface area contributed by atoms with Gasteiger partial charge in [-0.25, -0.2) is 0 Å². The second-order valence-corrected chi connectivity index (χ2v) is 13.1. The van der Waals surface area contributed by atoms with Crippen molar-refractivity contribution >= 4 is 22.7 Å². The van der Waals surface area contributed by atoms with Gasteiger partial charge in [0.1, 0.15) is 17.8 Å². The number of rotatable bonds is 4. The van der Waals surface area contributed by atoms with Crippen LogP contribution in [0, 0.1) is 11.3 Å². The van der Waals surface area contributed by atoms with Crippen LogP contribution in [0.3, 0.4) is 0 Å². The van der Waals surface area contributed by atoms with Crippen molar-refractivity contribution < 1.29 is 33.6 Å². The topological polar surface area (TPSA) is 107 Å². The Morgan fingerprint density at radius 1 is 1.15 bits per heavy atom. The molecule has 1 aromatic carbocycles. The summed E-state index contributed by atoms with van der Waals surface area (Å²) in [6.45, 7) is 9.76. The van der Waals surface area contributed by atoms with Crippen LogP contribution in [0.5, 0.6) is 0 Å². The number of benzene rings is 1. The molecule has 2 N–H and O–H groups in total. The Morgan fingerprint density at radius 2 is 1.92 bits per heavy atom. The van der Waals surface area contributed by atoms with Gasteiger partial charge in [-0.3, -0.25) is 9.59 Å². The van der Waals surface area contributed by atoms with Gasteiger partial charge in [-0.1, -0.05) is 32.0 Å². The summed E-state index contributed by atoms with van der Waals surface area (Å²) in [5.41, 5.74) is 0.505. The maximum absolute atomic E-state index is 13.4. The van der Waals surface area contributed by atoms with Crippen LogP contribution in [-0.2, 0) is 40.4 Å². The molecule has 7 rings (SSSR count). The Kier molecular flexibility index (Phi) is 5.10. The van der Waals surface area contributed by atoms with E-state index in [-0.39, 0.29) is 30.9 Å². The fourth-order valence-corrected chi connectivity index (χ4v) is 8.96. The first kappa shape index (κ1) is 25.4. The second kappa shape index (κ2) is 7.81. The van der Waals surface area contributed by atoms with E-state index in [1.54, 1.807) is 6.08 Å². The van der Waals surface area contributed by atoms with Crippen molar-refractivity contribution in [1.29, 1.82) is 0 Å². The van der Waals surface area contributed by atoms with E-state index in [1.165, 1.54) is 17.9 Å². The van der Waals surface area contributed by atoms with Crippen molar-refractivity contribution in [1.82, 2.24) is 4.98 Å². The van der Waals surface area contributed by atoms with Crippen molar-refractivity contribution in [2.24, 2.45) is 11.3 Å². The number of aromatic amines is 1. The lowest BCUT2D eigenvalue weighted by atomic mass is 9.41. The maximum Gasteiger partial charge on any atom is 0.302 e. The first-order chi connectivity index (χ1) is 18.4. The van der Waals surface area contributed by atoms with Gasteiger partial charge < -0.3 is 29.0 Å². The van der Waals surface area contributed by atoms with E-state index in [0.29, 0.717) is 24.8 Å². The van der Waals surface area contributed by atoms with E-state index >= 15 is 0 Å². The molecule has 0 radical (unpaired) electrons. The number of H-pyrrole nitrogens is 1. The fraction of sp³-hybridized carbons (Fsp3) is 0.613. The monoisotopic (exact) mass is 535 g/mol. The van der Waals surface area contributed by atoms with Crippen LogP contribution >= 0.6 is 0 Å². The predicted molar refractivity (Wildman–Crippen MR) is 142 cm³/mol. The summed E-state index contributed by atoms with van der Waals surface area (Å²) in [4.78, 5) is 28.5. The van der Waals surface area contributed by atoms with E-state index in [0.717, 1.165) is 17.6 Å². The highest BCUT2D eigenvalue weighted by Crippen LogP contribution is 2.72. The van der Waals surface area contributed by atoms with Crippen LogP contribution in [0.4, 0.5) is 0 Å². The number of fused-ring (bicyclic) bond motifs is 9. The maximum atomic E-state index is 13.4.